The second-order valence-corrected chi connectivity index (χ2v) is 5.14. The van der Waals surface area contributed by atoms with Gasteiger partial charge in [-0.25, -0.2) is 0 Å². The monoisotopic (exact) mass is 271 g/mol. The average molecular weight is 271 g/mol. The zero-order chi connectivity index (χ0) is 13.7. The Labute approximate surface area is 112 Å². The summed E-state index contributed by atoms with van der Waals surface area (Å²) in [6.45, 7) is 2.58. The van der Waals surface area contributed by atoms with Crippen LogP contribution in [0.5, 0.6) is 0 Å². The number of aliphatic carboxylic acids is 1. The minimum atomic E-state index is -0.875. The van der Waals surface area contributed by atoms with Crippen molar-refractivity contribution in [3.05, 3.63) is 0 Å². The van der Waals surface area contributed by atoms with Gasteiger partial charge in [0.2, 0.25) is 5.91 Å². The van der Waals surface area contributed by atoms with Crippen molar-refractivity contribution >= 4 is 11.9 Å². The van der Waals surface area contributed by atoms with E-state index >= 15 is 0 Å². The molecule has 1 saturated carbocycles. The lowest BCUT2D eigenvalue weighted by molar-refractivity contribution is -0.140. The molecule has 1 aliphatic carbocycles. The fourth-order valence-electron chi connectivity index (χ4n) is 2.27. The third-order valence-corrected chi connectivity index (χ3v) is 3.54. The highest BCUT2D eigenvalue weighted by molar-refractivity contribution is 5.89. The van der Waals surface area contributed by atoms with Gasteiger partial charge in [-0.1, -0.05) is 0 Å². The van der Waals surface area contributed by atoms with Crippen molar-refractivity contribution in [3.8, 4) is 0 Å². The highest BCUT2D eigenvalue weighted by Gasteiger charge is 2.48. The van der Waals surface area contributed by atoms with E-state index in [4.69, 9.17) is 14.6 Å². The van der Waals surface area contributed by atoms with Crippen LogP contribution in [-0.4, -0.2) is 49.5 Å². The maximum absolute atomic E-state index is 11.5. The zero-order valence-electron chi connectivity index (χ0n) is 11.0. The molecular formula is C13H21NO5. The van der Waals surface area contributed by atoms with Crippen LogP contribution >= 0.6 is 0 Å². The standard InChI is InChI=1S/C13H21NO5/c15-12(10-7-11(10)13(16)17)14-4-2-5-18-8-9-3-1-6-19-9/h9-11H,1-8H2,(H,14,15)(H,16,17). The quantitative estimate of drug-likeness (QED) is 0.625. The molecule has 0 aromatic heterocycles. The molecule has 0 bridgehead atoms. The fraction of sp³-hybridized carbons (Fsp3) is 0.846. The molecular weight excluding hydrogens is 250 g/mol. The van der Waals surface area contributed by atoms with Gasteiger partial charge in [-0.15, -0.1) is 0 Å². The third kappa shape index (κ3) is 4.47. The van der Waals surface area contributed by atoms with E-state index in [-0.39, 0.29) is 17.9 Å². The summed E-state index contributed by atoms with van der Waals surface area (Å²) in [5.74, 6) is -1.83. The van der Waals surface area contributed by atoms with Gasteiger partial charge in [0.15, 0.2) is 0 Å². The van der Waals surface area contributed by atoms with Gasteiger partial charge in [-0.2, -0.15) is 0 Å². The van der Waals surface area contributed by atoms with Crippen LogP contribution in [-0.2, 0) is 19.1 Å². The minimum absolute atomic E-state index is 0.147. The molecule has 19 heavy (non-hydrogen) atoms. The summed E-state index contributed by atoms with van der Waals surface area (Å²) in [5.41, 5.74) is 0. The Kier molecular flexibility index (Phi) is 5.15. The van der Waals surface area contributed by atoms with E-state index in [1.165, 1.54) is 0 Å². The van der Waals surface area contributed by atoms with E-state index in [0.29, 0.717) is 26.2 Å². The molecule has 6 nitrogen and oxygen atoms in total. The van der Waals surface area contributed by atoms with E-state index in [2.05, 4.69) is 5.32 Å². The van der Waals surface area contributed by atoms with Crippen molar-refractivity contribution in [2.75, 3.05) is 26.4 Å². The summed E-state index contributed by atoms with van der Waals surface area (Å²) in [4.78, 5) is 22.1. The summed E-state index contributed by atoms with van der Waals surface area (Å²) in [6.07, 6.45) is 3.61. The van der Waals surface area contributed by atoms with Crippen LogP contribution in [0.25, 0.3) is 0 Å². The van der Waals surface area contributed by atoms with Crippen molar-refractivity contribution in [1.29, 1.82) is 0 Å². The Morgan fingerprint density at radius 3 is 2.84 bits per heavy atom. The van der Waals surface area contributed by atoms with E-state index in [9.17, 15) is 9.59 Å². The molecule has 2 fully saturated rings. The summed E-state index contributed by atoms with van der Waals surface area (Å²) >= 11 is 0. The molecule has 2 rings (SSSR count). The lowest BCUT2D eigenvalue weighted by atomic mass is 10.2. The van der Waals surface area contributed by atoms with Crippen molar-refractivity contribution in [2.45, 2.75) is 31.8 Å². The molecule has 1 heterocycles. The van der Waals surface area contributed by atoms with Crippen LogP contribution in [0.1, 0.15) is 25.7 Å². The van der Waals surface area contributed by atoms with E-state index in [0.717, 1.165) is 25.9 Å². The van der Waals surface area contributed by atoms with Gasteiger partial charge in [-0.05, 0) is 25.7 Å². The van der Waals surface area contributed by atoms with Crippen LogP contribution in [0.4, 0.5) is 0 Å². The lowest BCUT2D eigenvalue weighted by Crippen LogP contribution is -2.28. The SMILES string of the molecule is O=C(O)C1CC1C(=O)NCCCOCC1CCCO1. The first kappa shape index (κ1) is 14.3. The molecule has 2 aliphatic rings. The maximum atomic E-state index is 11.5. The molecule has 0 spiro atoms. The third-order valence-electron chi connectivity index (χ3n) is 3.54. The Morgan fingerprint density at radius 1 is 1.37 bits per heavy atom. The first-order chi connectivity index (χ1) is 9.18. The number of hydrogen-bond donors (Lipinski definition) is 2. The number of ether oxygens (including phenoxy) is 2. The molecule has 1 amide bonds. The topological polar surface area (TPSA) is 84.9 Å². The van der Waals surface area contributed by atoms with Crippen LogP contribution in [0.3, 0.4) is 0 Å². The number of carboxylic acids is 1. The molecule has 108 valence electrons. The molecule has 2 N–H and O–H groups in total. The smallest absolute Gasteiger partial charge is 0.307 e. The van der Waals surface area contributed by atoms with Crippen molar-refractivity contribution in [1.82, 2.24) is 5.32 Å². The second-order valence-electron chi connectivity index (χ2n) is 5.14. The summed E-state index contributed by atoms with van der Waals surface area (Å²) in [7, 11) is 0. The Morgan fingerprint density at radius 2 is 2.21 bits per heavy atom. The molecule has 0 radical (unpaired) electrons. The molecule has 6 heteroatoms. The van der Waals surface area contributed by atoms with Crippen LogP contribution < -0.4 is 5.32 Å². The Hall–Kier alpha value is -1.14. The van der Waals surface area contributed by atoms with Gasteiger partial charge in [0.25, 0.3) is 0 Å². The second kappa shape index (κ2) is 6.86. The van der Waals surface area contributed by atoms with Gasteiger partial charge < -0.3 is 19.9 Å². The largest absolute Gasteiger partial charge is 0.481 e. The van der Waals surface area contributed by atoms with Crippen molar-refractivity contribution < 1.29 is 24.2 Å². The van der Waals surface area contributed by atoms with Gasteiger partial charge in [0.1, 0.15) is 0 Å². The number of carbonyl (C=O) groups is 2. The zero-order valence-corrected chi connectivity index (χ0v) is 11.0. The van der Waals surface area contributed by atoms with Gasteiger partial charge in [-0.3, -0.25) is 9.59 Å². The number of rotatable bonds is 8. The number of amides is 1. The maximum Gasteiger partial charge on any atom is 0.307 e. The average Bonchev–Trinajstić information content (AvgIpc) is 3.04. The van der Waals surface area contributed by atoms with E-state index in [1.54, 1.807) is 0 Å². The Bertz CT molecular complexity index is 327. The molecule has 1 aliphatic heterocycles. The van der Waals surface area contributed by atoms with Crippen LogP contribution in [0, 0.1) is 11.8 Å². The number of carboxylic acid groups (broad SMARTS) is 1. The van der Waals surface area contributed by atoms with Gasteiger partial charge >= 0.3 is 5.97 Å². The normalized spacial score (nSPS) is 29.2. The van der Waals surface area contributed by atoms with Crippen molar-refractivity contribution in [3.63, 3.8) is 0 Å². The highest BCUT2D eigenvalue weighted by atomic mass is 16.5. The van der Waals surface area contributed by atoms with Crippen molar-refractivity contribution in [2.24, 2.45) is 11.8 Å². The highest BCUT2D eigenvalue weighted by Crippen LogP contribution is 2.38. The predicted octanol–water partition coefficient (Wildman–Crippen LogP) is 0.409. The molecule has 1 saturated heterocycles. The van der Waals surface area contributed by atoms with E-state index in [1.807, 2.05) is 0 Å². The summed E-state index contributed by atoms with van der Waals surface area (Å²) in [5, 5.41) is 11.5. The molecule has 3 atom stereocenters. The van der Waals surface area contributed by atoms with Crippen LogP contribution in [0.15, 0.2) is 0 Å². The molecule has 0 aromatic carbocycles. The predicted molar refractivity (Wildman–Crippen MR) is 66.7 cm³/mol. The molecule has 0 aromatic rings. The van der Waals surface area contributed by atoms with Gasteiger partial charge in [0.05, 0.1) is 24.5 Å². The summed E-state index contributed by atoms with van der Waals surface area (Å²) < 4.78 is 10.9. The minimum Gasteiger partial charge on any atom is -0.481 e. The number of nitrogens with one attached hydrogen (secondary N) is 1. The molecule has 3 unspecified atom stereocenters. The lowest BCUT2D eigenvalue weighted by Gasteiger charge is -2.10. The summed E-state index contributed by atoms with van der Waals surface area (Å²) in [6, 6.07) is 0. The number of carbonyl (C=O) groups excluding carboxylic acids is 1. The van der Waals surface area contributed by atoms with E-state index < -0.39 is 11.9 Å². The first-order valence-corrected chi connectivity index (χ1v) is 6.88. The van der Waals surface area contributed by atoms with Crippen LogP contribution in [0.2, 0.25) is 0 Å². The Balaban J connectivity index is 1.44. The van der Waals surface area contributed by atoms with Gasteiger partial charge in [0, 0.05) is 19.8 Å². The number of hydrogen-bond acceptors (Lipinski definition) is 4. The fourth-order valence-corrected chi connectivity index (χ4v) is 2.27. The first-order valence-electron chi connectivity index (χ1n) is 6.88.